The van der Waals surface area contributed by atoms with Gasteiger partial charge >= 0.3 is 0 Å². The normalized spacial score (nSPS) is 10.5. The molecule has 0 aliphatic carbocycles. The van der Waals surface area contributed by atoms with Crippen molar-refractivity contribution < 1.29 is 9.90 Å². The van der Waals surface area contributed by atoms with Gasteiger partial charge < -0.3 is 10.4 Å². The van der Waals surface area contributed by atoms with E-state index in [1.54, 1.807) is 6.07 Å². The van der Waals surface area contributed by atoms with E-state index in [4.69, 9.17) is 0 Å². The first-order valence-corrected chi connectivity index (χ1v) is 6.14. The highest BCUT2D eigenvalue weighted by molar-refractivity contribution is 6.05. The van der Waals surface area contributed by atoms with Crippen LogP contribution in [0.2, 0.25) is 0 Å². The number of nitrogens with zero attached hydrogens (tertiary/aromatic N) is 1. The van der Waals surface area contributed by atoms with Crippen LogP contribution in [0, 0.1) is 0 Å². The van der Waals surface area contributed by atoms with Gasteiger partial charge in [-0.05, 0) is 29.7 Å². The van der Waals surface area contributed by atoms with Gasteiger partial charge in [0.25, 0.3) is 5.91 Å². The summed E-state index contributed by atoms with van der Waals surface area (Å²) in [5.74, 6) is -0.234. The fourth-order valence-electron chi connectivity index (χ4n) is 1.87. The number of pyridine rings is 1. The molecule has 4 nitrogen and oxygen atoms in total. The Hall–Kier alpha value is -2.36. The van der Waals surface area contributed by atoms with Crippen LogP contribution < -0.4 is 5.32 Å². The molecular weight excluding hydrogens is 240 g/mol. The summed E-state index contributed by atoms with van der Waals surface area (Å²) in [6, 6.07) is 10.6. The number of nitrogens with one attached hydrogen (secondary N) is 1. The molecule has 98 valence electrons. The van der Waals surface area contributed by atoms with Crippen LogP contribution in [-0.2, 0) is 0 Å². The number of hydrogen-bond donors (Lipinski definition) is 2. The summed E-state index contributed by atoms with van der Waals surface area (Å²) in [6.07, 6.45) is 1.48. The molecule has 0 unspecified atom stereocenters. The minimum atomic E-state index is -0.411. The first-order valence-electron chi connectivity index (χ1n) is 6.14. The Morgan fingerprint density at radius 1 is 1.21 bits per heavy atom. The first-order chi connectivity index (χ1) is 9.09. The number of benzene rings is 1. The second-order valence-electron chi connectivity index (χ2n) is 4.57. The van der Waals surface area contributed by atoms with Crippen molar-refractivity contribution in [3.05, 3.63) is 53.9 Å². The Morgan fingerprint density at radius 3 is 2.63 bits per heavy atom. The molecule has 2 aromatic rings. The first kappa shape index (κ1) is 13.1. The quantitative estimate of drug-likeness (QED) is 0.886. The molecule has 0 fully saturated rings. The molecule has 4 heteroatoms. The van der Waals surface area contributed by atoms with E-state index in [1.807, 2.05) is 24.3 Å². The molecule has 0 bridgehead atoms. The van der Waals surface area contributed by atoms with Crippen LogP contribution in [0.1, 0.15) is 35.8 Å². The van der Waals surface area contributed by atoms with Crippen molar-refractivity contribution in [1.82, 2.24) is 4.98 Å². The van der Waals surface area contributed by atoms with E-state index in [9.17, 15) is 9.90 Å². The van der Waals surface area contributed by atoms with Crippen molar-refractivity contribution in [2.45, 2.75) is 19.8 Å². The summed E-state index contributed by atoms with van der Waals surface area (Å²) in [5.41, 5.74) is 1.82. The van der Waals surface area contributed by atoms with Gasteiger partial charge in [0.2, 0.25) is 0 Å². The number of rotatable bonds is 3. The molecule has 1 amide bonds. The van der Waals surface area contributed by atoms with E-state index < -0.39 is 5.91 Å². The zero-order chi connectivity index (χ0) is 13.8. The van der Waals surface area contributed by atoms with Crippen molar-refractivity contribution in [1.29, 1.82) is 0 Å². The van der Waals surface area contributed by atoms with Crippen LogP contribution in [0.15, 0.2) is 42.6 Å². The minimum Gasteiger partial charge on any atom is -0.505 e. The van der Waals surface area contributed by atoms with E-state index in [-0.39, 0.29) is 11.4 Å². The third-order valence-electron chi connectivity index (χ3n) is 2.83. The molecule has 0 radical (unpaired) electrons. The second-order valence-corrected chi connectivity index (χ2v) is 4.57. The lowest BCUT2D eigenvalue weighted by atomic mass is 10.0. The lowest BCUT2D eigenvalue weighted by molar-refractivity contribution is 0.101. The molecule has 1 heterocycles. The SMILES string of the molecule is CC(C)c1ccccc1NC(=O)c1ncccc1O. The summed E-state index contributed by atoms with van der Waals surface area (Å²) in [4.78, 5) is 16.0. The number of aromatic nitrogens is 1. The maximum Gasteiger partial charge on any atom is 0.278 e. The smallest absolute Gasteiger partial charge is 0.278 e. The molecule has 1 aromatic heterocycles. The molecule has 1 aromatic carbocycles. The highest BCUT2D eigenvalue weighted by Crippen LogP contribution is 2.24. The van der Waals surface area contributed by atoms with Crippen molar-refractivity contribution in [2.75, 3.05) is 5.32 Å². The van der Waals surface area contributed by atoms with Gasteiger partial charge in [0.15, 0.2) is 5.69 Å². The number of carbonyl (C=O) groups excluding carboxylic acids is 1. The standard InChI is InChI=1S/C15H16N2O2/c1-10(2)11-6-3-4-7-12(11)17-15(19)14-13(18)8-5-9-16-14/h3-10,18H,1-2H3,(H,17,19). The highest BCUT2D eigenvalue weighted by Gasteiger charge is 2.14. The van der Waals surface area contributed by atoms with Gasteiger partial charge in [0, 0.05) is 11.9 Å². The summed E-state index contributed by atoms with van der Waals surface area (Å²) >= 11 is 0. The minimum absolute atomic E-state index is 0.0288. The van der Waals surface area contributed by atoms with E-state index in [0.29, 0.717) is 5.92 Å². The molecule has 0 spiro atoms. The molecule has 0 saturated heterocycles. The van der Waals surface area contributed by atoms with Gasteiger partial charge in [-0.15, -0.1) is 0 Å². The maximum absolute atomic E-state index is 12.1. The number of anilines is 1. The second kappa shape index (κ2) is 5.52. The Morgan fingerprint density at radius 2 is 1.95 bits per heavy atom. The third-order valence-corrected chi connectivity index (χ3v) is 2.83. The van der Waals surface area contributed by atoms with Gasteiger partial charge in [0.05, 0.1) is 0 Å². The van der Waals surface area contributed by atoms with Crippen LogP contribution in [0.3, 0.4) is 0 Å². The lowest BCUT2D eigenvalue weighted by Crippen LogP contribution is -2.15. The molecule has 19 heavy (non-hydrogen) atoms. The zero-order valence-electron chi connectivity index (χ0n) is 10.9. The molecule has 2 N–H and O–H groups in total. The summed E-state index contributed by atoms with van der Waals surface area (Å²) in [5, 5.41) is 12.4. The fourth-order valence-corrected chi connectivity index (χ4v) is 1.87. The van der Waals surface area contributed by atoms with Crippen molar-refractivity contribution in [3.8, 4) is 5.75 Å². The third kappa shape index (κ3) is 2.91. The van der Waals surface area contributed by atoms with Gasteiger partial charge in [-0.2, -0.15) is 0 Å². The molecule has 2 rings (SSSR count). The molecule has 0 saturated carbocycles. The average Bonchev–Trinajstić information content (AvgIpc) is 2.39. The van der Waals surface area contributed by atoms with Crippen molar-refractivity contribution in [3.63, 3.8) is 0 Å². The predicted octanol–water partition coefficient (Wildman–Crippen LogP) is 3.16. The van der Waals surface area contributed by atoms with E-state index in [0.717, 1.165) is 11.3 Å². The lowest BCUT2D eigenvalue weighted by Gasteiger charge is -2.13. The fraction of sp³-hybridized carbons (Fsp3) is 0.200. The van der Waals surface area contributed by atoms with E-state index in [1.165, 1.54) is 12.3 Å². The Kier molecular flexibility index (Phi) is 3.80. The maximum atomic E-state index is 12.1. The highest BCUT2D eigenvalue weighted by atomic mass is 16.3. The summed E-state index contributed by atoms with van der Waals surface area (Å²) in [6.45, 7) is 4.12. The van der Waals surface area contributed by atoms with E-state index >= 15 is 0 Å². The molecule has 0 aliphatic rings. The van der Waals surface area contributed by atoms with Crippen molar-refractivity contribution in [2.24, 2.45) is 0 Å². The Balaban J connectivity index is 2.27. The van der Waals surface area contributed by atoms with Gasteiger partial charge in [0.1, 0.15) is 5.75 Å². The van der Waals surface area contributed by atoms with Gasteiger partial charge in [-0.3, -0.25) is 4.79 Å². The summed E-state index contributed by atoms with van der Waals surface area (Å²) in [7, 11) is 0. The largest absolute Gasteiger partial charge is 0.505 e. The van der Waals surface area contributed by atoms with Crippen LogP contribution in [0.5, 0.6) is 5.75 Å². The molecular formula is C15H16N2O2. The zero-order valence-corrected chi connectivity index (χ0v) is 10.9. The van der Waals surface area contributed by atoms with Crippen LogP contribution >= 0.6 is 0 Å². The van der Waals surface area contributed by atoms with Crippen LogP contribution in [0.4, 0.5) is 5.69 Å². The van der Waals surface area contributed by atoms with Gasteiger partial charge in [-0.25, -0.2) is 4.98 Å². The van der Waals surface area contributed by atoms with Crippen LogP contribution in [0.25, 0.3) is 0 Å². The molecule has 0 atom stereocenters. The topological polar surface area (TPSA) is 62.2 Å². The molecule has 0 aliphatic heterocycles. The van der Waals surface area contributed by atoms with Crippen molar-refractivity contribution >= 4 is 11.6 Å². The summed E-state index contributed by atoms with van der Waals surface area (Å²) < 4.78 is 0. The van der Waals surface area contributed by atoms with E-state index in [2.05, 4.69) is 24.1 Å². The number of para-hydroxylation sites is 1. The predicted molar refractivity (Wildman–Crippen MR) is 74.4 cm³/mol. The van der Waals surface area contributed by atoms with Gasteiger partial charge in [-0.1, -0.05) is 32.0 Å². The number of carbonyl (C=O) groups is 1. The monoisotopic (exact) mass is 256 g/mol. The number of amides is 1. The average molecular weight is 256 g/mol. The number of hydrogen-bond acceptors (Lipinski definition) is 3. The van der Waals surface area contributed by atoms with Crippen LogP contribution in [-0.4, -0.2) is 16.0 Å². The Bertz CT molecular complexity index is 594. The number of aromatic hydroxyl groups is 1. The Labute approximate surface area is 112 Å².